The van der Waals surface area contributed by atoms with Gasteiger partial charge in [0, 0.05) is 29.7 Å². The van der Waals surface area contributed by atoms with Crippen LogP contribution in [0.15, 0.2) is 42.6 Å². The normalized spacial score (nSPS) is 11.9. The molecule has 0 aliphatic rings. The average Bonchev–Trinajstić information content (AvgIpc) is 3.03. The van der Waals surface area contributed by atoms with E-state index in [1.54, 1.807) is 24.4 Å². The highest BCUT2D eigenvalue weighted by atomic mass is 35.5. The number of fused-ring (bicyclic) bond motifs is 1. The van der Waals surface area contributed by atoms with E-state index in [1.165, 1.54) is 14.0 Å². The fraction of sp³-hybridized carbons (Fsp3) is 0.200. The number of benzene rings is 2. The summed E-state index contributed by atoms with van der Waals surface area (Å²) in [5, 5.41) is 6.92. The number of anilines is 1. The van der Waals surface area contributed by atoms with E-state index >= 15 is 0 Å². The van der Waals surface area contributed by atoms with Crippen LogP contribution in [0.25, 0.3) is 10.9 Å². The largest absolute Gasteiger partial charge is 0.495 e. The molecule has 0 saturated heterocycles. The molecule has 7 heteroatoms. The maximum absolute atomic E-state index is 12.8. The Kier molecular flexibility index (Phi) is 5.37. The Balaban J connectivity index is 1.83. The van der Waals surface area contributed by atoms with Crippen molar-refractivity contribution in [3.05, 3.63) is 58.7 Å². The fourth-order valence-corrected chi connectivity index (χ4v) is 3.16. The van der Waals surface area contributed by atoms with E-state index in [4.69, 9.17) is 16.3 Å². The molecule has 0 aliphatic carbocycles. The molecule has 0 fully saturated rings. The van der Waals surface area contributed by atoms with Crippen molar-refractivity contribution in [3.8, 4) is 5.75 Å². The van der Waals surface area contributed by atoms with E-state index in [1.807, 2.05) is 25.1 Å². The number of ether oxygens (including phenoxy) is 1. The van der Waals surface area contributed by atoms with Crippen molar-refractivity contribution < 1.29 is 14.3 Å². The summed E-state index contributed by atoms with van der Waals surface area (Å²) in [5.74, 6) is 0.146. The van der Waals surface area contributed by atoms with Crippen LogP contribution in [0.5, 0.6) is 5.75 Å². The lowest BCUT2D eigenvalue weighted by atomic mass is 10.1. The van der Waals surface area contributed by atoms with Crippen molar-refractivity contribution >= 4 is 40.0 Å². The van der Waals surface area contributed by atoms with Crippen molar-refractivity contribution in [1.82, 2.24) is 10.3 Å². The number of hydrogen-bond donors (Lipinski definition) is 3. The molecule has 0 saturated carbocycles. The molecule has 0 bridgehead atoms. The number of rotatable bonds is 5. The van der Waals surface area contributed by atoms with Gasteiger partial charge in [-0.2, -0.15) is 0 Å². The van der Waals surface area contributed by atoms with Gasteiger partial charge in [-0.3, -0.25) is 9.59 Å². The third-order valence-corrected chi connectivity index (χ3v) is 4.55. The predicted molar refractivity (Wildman–Crippen MR) is 106 cm³/mol. The molecule has 3 rings (SSSR count). The van der Waals surface area contributed by atoms with Gasteiger partial charge >= 0.3 is 0 Å². The van der Waals surface area contributed by atoms with Crippen LogP contribution in [-0.2, 0) is 4.79 Å². The Bertz CT molecular complexity index is 1010. The van der Waals surface area contributed by atoms with Crippen LogP contribution in [-0.4, -0.2) is 23.9 Å². The van der Waals surface area contributed by atoms with Gasteiger partial charge in [0.1, 0.15) is 5.75 Å². The first-order valence-corrected chi connectivity index (χ1v) is 8.80. The van der Waals surface area contributed by atoms with Crippen molar-refractivity contribution in [2.45, 2.75) is 19.9 Å². The van der Waals surface area contributed by atoms with Gasteiger partial charge in [0.05, 0.1) is 23.7 Å². The van der Waals surface area contributed by atoms with Gasteiger partial charge in [0.2, 0.25) is 5.91 Å². The van der Waals surface area contributed by atoms with Crippen molar-refractivity contribution in [2.75, 3.05) is 12.4 Å². The molecule has 3 N–H and O–H groups in total. The first kappa shape index (κ1) is 18.8. The second kappa shape index (κ2) is 7.72. The zero-order chi connectivity index (χ0) is 19.6. The number of aromatic nitrogens is 1. The second-order valence-electron chi connectivity index (χ2n) is 6.24. The van der Waals surface area contributed by atoms with E-state index in [2.05, 4.69) is 15.6 Å². The lowest BCUT2D eigenvalue weighted by molar-refractivity contribution is -0.114. The number of carbonyl (C=O) groups excluding carboxylic acids is 2. The van der Waals surface area contributed by atoms with E-state index in [9.17, 15) is 9.59 Å². The first-order valence-electron chi connectivity index (χ1n) is 8.42. The average molecular weight is 386 g/mol. The molecular formula is C20H20ClN3O3. The van der Waals surface area contributed by atoms with Crippen LogP contribution in [0.2, 0.25) is 5.02 Å². The maximum atomic E-state index is 12.8. The Morgan fingerprint density at radius 2 is 2.00 bits per heavy atom. The molecule has 3 aromatic rings. The summed E-state index contributed by atoms with van der Waals surface area (Å²) in [6, 6.07) is 10.6. The van der Waals surface area contributed by atoms with Crippen molar-refractivity contribution in [1.29, 1.82) is 0 Å². The smallest absolute Gasteiger partial charge is 0.253 e. The second-order valence-corrected chi connectivity index (χ2v) is 6.64. The Hall–Kier alpha value is -2.99. The zero-order valence-electron chi connectivity index (χ0n) is 15.2. The van der Waals surface area contributed by atoms with E-state index in [0.29, 0.717) is 22.0 Å². The Labute approximate surface area is 161 Å². The van der Waals surface area contributed by atoms with Gasteiger partial charge < -0.3 is 20.4 Å². The number of hydrogen-bond acceptors (Lipinski definition) is 3. The molecule has 0 unspecified atom stereocenters. The number of aromatic amines is 1. The number of halogens is 1. The molecule has 2 amide bonds. The van der Waals surface area contributed by atoms with Crippen LogP contribution in [0.4, 0.5) is 5.69 Å². The Morgan fingerprint density at radius 3 is 2.70 bits per heavy atom. The minimum atomic E-state index is -0.245. The first-order chi connectivity index (χ1) is 12.9. The molecule has 27 heavy (non-hydrogen) atoms. The summed E-state index contributed by atoms with van der Waals surface area (Å²) in [5.41, 5.74) is 2.83. The van der Waals surface area contributed by atoms with E-state index in [-0.39, 0.29) is 17.9 Å². The van der Waals surface area contributed by atoms with Gasteiger partial charge in [-0.25, -0.2) is 0 Å². The van der Waals surface area contributed by atoms with Crippen LogP contribution in [0.3, 0.4) is 0 Å². The summed E-state index contributed by atoms with van der Waals surface area (Å²) in [6.07, 6.45) is 1.65. The van der Waals surface area contributed by atoms with Crippen LogP contribution in [0, 0.1) is 0 Å². The summed E-state index contributed by atoms with van der Waals surface area (Å²) >= 11 is 6.13. The molecule has 2 aromatic carbocycles. The van der Waals surface area contributed by atoms with Gasteiger partial charge in [-0.15, -0.1) is 0 Å². The van der Waals surface area contributed by atoms with Crippen LogP contribution < -0.4 is 15.4 Å². The molecular weight excluding hydrogens is 366 g/mol. The molecule has 0 radical (unpaired) electrons. The minimum absolute atomic E-state index is 0.143. The number of nitrogens with one attached hydrogen (secondary N) is 3. The van der Waals surface area contributed by atoms with Crippen molar-refractivity contribution in [2.24, 2.45) is 0 Å². The predicted octanol–water partition coefficient (Wildman–Crippen LogP) is 4.28. The van der Waals surface area contributed by atoms with Crippen LogP contribution in [0.1, 0.15) is 35.8 Å². The van der Waals surface area contributed by atoms with Gasteiger partial charge in [0.25, 0.3) is 5.91 Å². The molecule has 6 nitrogen and oxygen atoms in total. The van der Waals surface area contributed by atoms with E-state index in [0.717, 1.165) is 16.5 Å². The fourth-order valence-electron chi connectivity index (χ4n) is 2.91. The van der Waals surface area contributed by atoms with Gasteiger partial charge in [0.15, 0.2) is 0 Å². The molecule has 0 aliphatic heterocycles. The number of H-pyrrole nitrogens is 1. The highest BCUT2D eigenvalue weighted by molar-refractivity contribution is 6.33. The molecule has 1 heterocycles. The van der Waals surface area contributed by atoms with Crippen molar-refractivity contribution in [3.63, 3.8) is 0 Å². The number of amides is 2. The van der Waals surface area contributed by atoms with Gasteiger partial charge in [-0.05, 0) is 36.8 Å². The SMILES string of the molecule is COc1cc2c(C(=O)N[C@@H](C)c3cccc(NC(C)=O)c3)c[nH]c2cc1Cl. The minimum Gasteiger partial charge on any atom is -0.495 e. The lowest BCUT2D eigenvalue weighted by Gasteiger charge is -2.15. The standard InChI is InChI=1S/C20H20ClN3O3/c1-11(13-5-4-6-14(7-13)24-12(2)25)23-20(26)16-10-22-18-9-17(21)19(27-3)8-15(16)18/h4-11,22H,1-3H3,(H,23,26)(H,24,25)/t11-/m0/s1. The highest BCUT2D eigenvalue weighted by Crippen LogP contribution is 2.31. The topological polar surface area (TPSA) is 83.2 Å². The zero-order valence-corrected chi connectivity index (χ0v) is 16.0. The maximum Gasteiger partial charge on any atom is 0.253 e. The summed E-state index contributed by atoms with van der Waals surface area (Å²) < 4.78 is 5.24. The molecule has 1 atom stereocenters. The quantitative estimate of drug-likeness (QED) is 0.613. The lowest BCUT2D eigenvalue weighted by Crippen LogP contribution is -2.26. The third-order valence-electron chi connectivity index (χ3n) is 4.25. The monoisotopic (exact) mass is 385 g/mol. The molecule has 0 spiro atoms. The molecule has 140 valence electrons. The third kappa shape index (κ3) is 4.06. The number of methoxy groups -OCH3 is 1. The number of carbonyl (C=O) groups is 2. The van der Waals surface area contributed by atoms with Gasteiger partial charge in [-0.1, -0.05) is 23.7 Å². The molecule has 1 aromatic heterocycles. The Morgan fingerprint density at radius 1 is 1.22 bits per heavy atom. The summed E-state index contributed by atoms with van der Waals surface area (Å²) in [4.78, 5) is 27.1. The van der Waals surface area contributed by atoms with E-state index < -0.39 is 0 Å². The summed E-state index contributed by atoms with van der Waals surface area (Å²) in [7, 11) is 1.53. The summed E-state index contributed by atoms with van der Waals surface area (Å²) in [6.45, 7) is 3.34. The van der Waals surface area contributed by atoms with Crippen LogP contribution >= 0.6 is 11.6 Å². The highest BCUT2D eigenvalue weighted by Gasteiger charge is 2.17.